The van der Waals surface area contributed by atoms with Gasteiger partial charge in [-0.15, -0.1) is 11.8 Å². The number of H-pyrrole nitrogens is 2. The normalized spacial score (nSPS) is 23.2. The number of primary amides is 2. The smallest absolute Gasteiger partial charge is 0.246 e. The van der Waals surface area contributed by atoms with Gasteiger partial charge in [0.2, 0.25) is 100 Å². The van der Waals surface area contributed by atoms with Crippen LogP contribution in [-0.4, -0.2) is 302 Å². The van der Waals surface area contributed by atoms with E-state index in [0.717, 1.165) is 47.4 Å². The van der Waals surface area contributed by atoms with Crippen LogP contribution in [0.2, 0.25) is 0 Å². The van der Waals surface area contributed by atoms with E-state index in [9.17, 15) is 62.6 Å². The fourth-order valence-corrected chi connectivity index (χ4v) is 16.8. The number of para-hydroxylation sites is 1. The van der Waals surface area contributed by atoms with E-state index in [1.807, 2.05) is 56.3 Å². The number of thioether (sulfide) groups is 1. The van der Waals surface area contributed by atoms with Gasteiger partial charge in [0.25, 0.3) is 0 Å². The molecule has 21 N–H and O–H groups in total. The second kappa shape index (κ2) is 52.6. The van der Waals surface area contributed by atoms with Crippen molar-refractivity contribution in [2.24, 2.45) is 23.1 Å². The zero-order valence-electron chi connectivity index (χ0n) is 77.7. The van der Waals surface area contributed by atoms with Crippen molar-refractivity contribution in [3.63, 3.8) is 0 Å². The highest BCUT2D eigenvalue weighted by Crippen LogP contribution is 2.26. The van der Waals surface area contributed by atoms with E-state index in [2.05, 4.69) is 73.4 Å². The topological polar surface area (TPSA) is 605 Å². The minimum Gasteiger partial charge on any atom is -0.394 e. The van der Waals surface area contributed by atoms with E-state index in [-0.39, 0.29) is 89.6 Å². The minimum atomic E-state index is -1.85. The van der Waals surface area contributed by atoms with E-state index in [1.165, 1.54) is 47.6 Å². The molecular weight excluding hydrogens is 1760 g/mol. The summed E-state index contributed by atoms with van der Waals surface area (Å²) >= 11 is 0.795. The van der Waals surface area contributed by atoms with Crippen LogP contribution in [0.25, 0.3) is 22.0 Å². The van der Waals surface area contributed by atoms with Gasteiger partial charge < -0.3 is 115 Å². The number of carbonyl (C=O) groups is 17. The van der Waals surface area contributed by atoms with Crippen molar-refractivity contribution in [1.29, 1.82) is 5.41 Å². The largest absolute Gasteiger partial charge is 0.394 e. The first kappa shape index (κ1) is 107. The number of rotatable bonds is 27. The molecule has 2 saturated heterocycles. The molecule has 2 aliphatic rings. The lowest BCUT2D eigenvalue weighted by Crippen LogP contribution is -2.61. The summed E-state index contributed by atoms with van der Waals surface area (Å²) in [7, 11) is 5.26. The Bertz CT molecular complexity index is 5110. The van der Waals surface area contributed by atoms with Gasteiger partial charge in [-0.05, 0) is 91.7 Å². The van der Waals surface area contributed by atoms with Gasteiger partial charge in [0.15, 0.2) is 5.96 Å². The van der Waals surface area contributed by atoms with Crippen LogP contribution in [0, 0.1) is 11.3 Å². The molecule has 0 aliphatic carbocycles. The van der Waals surface area contributed by atoms with Crippen LogP contribution < -0.4 is 75.7 Å². The van der Waals surface area contributed by atoms with Gasteiger partial charge in [-0.1, -0.05) is 157 Å². The molecule has 6 aromatic rings. The Labute approximate surface area is 788 Å². The number of aliphatic hydroxyl groups excluding tert-OH is 1. The Hall–Kier alpha value is -13.8. The summed E-state index contributed by atoms with van der Waals surface area (Å²) in [5.74, 6) is -17.1. The second-order valence-electron chi connectivity index (χ2n) is 34.4. The van der Waals surface area contributed by atoms with Crippen LogP contribution in [0.5, 0.6) is 0 Å². The molecule has 0 saturated carbocycles. The molecule has 2 aliphatic heterocycles. The van der Waals surface area contributed by atoms with Crippen molar-refractivity contribution in [2.75, 3.05) is 72.5 Å². The first-order valence-corrected chi connectivity index (χ1v) is 46.4. The highest BCUT2D eigenvalue weighted by atomic mass is 32.2. The number of nitrogens with zero attached hydrogens (tertiary/aromatic N) is 6. The SMILES string of the molecule is CCCC[C@H]1C(=O)N(C)[C@@H](CCCC)C(=O)NC(CCCNC(=N)N)C(=O)N[C@H](C(=O)NCC(N)=O)CSCC(=O)N[C@@H](Cc2ccccc2)C(=O)N(C)[C@@H](C)C(=O)N[C@@H](CC(N)=O)C(=O)N2CCCC2C(=O)N[C@@H](Cc2cnc[nH]2)C(=O)N[C@@H](CC(C)C)C(=O)N(C)CC(=O)N[C@@H](Cc2c[nH]c3ccccc23)C(=O)N[C@@H](CO)C(=O)N[C@@H](Cc2ccc(-c3ccccc3)cc2)C(=O)N1C. The number of carbonyl (C=O) groups excluding carboxylic acids is 17. The number of amides is 17. The van der Waals surface area contributed by atoms with Gasteiger partial charge in [-0.2, -0.15) is 0 Å². The number of nitrogens with two attached hydrogens (primary N) is 3. The molecule has 13 atom stereocenters. The van der Waals surface area contributed by atoms with Gasteiger partial charge in [-0.3, -0.25) is 86.9 Å². The van der Waals surface area contributed by atoms with Crippen molar-refractivity contribution < 1.29 is 86.6 Å². The zero-order chi connectivity index (χ0) is 98.7. The van der Waals surface area contributed by atoms with Crippen LogP contribution in [0.15, 0.2) is 128 Å². The molecule has 8 rings (SSSR count). The van der Waals surface area contributed by atoms with Crippen LogP contribution in [-0.2, 0) is 107 Å². The first-order valence-electron chi connectivity index (χ1n) is 45.3. The van der Waals surface area contributed by atoms with E-state index < -0.39 is 223 Å². The van der Waals surface area contributed by atoms with Crippen LogP contribution >= 0.6 is 11.8 Å². The predicted octanol–water partition coefficient (Wildman–Crippen LogP) is -0.952. The van der Waals surface area contributed by atoms with Gasteiger partial charge in [0.05, 0.1) is 38.2 Å². The number of nitrogens with one attached hydrogen (secondary N) is 14. The maximum absolute atomic E-state index is 15.7. The molecule has 17 amide bonds. The monoisotopic (exact) mass is 1890 g/mol. The molecule has 4 heterocycles. The van der Waals surface area contributed by atoms with Crippen molar-refractivity contribution in [3.8, 4) is 11.1 Å². The molecule has 2 aromatic heterocycles. The molecule has 4 aromatic carbocycles. The molecule has 41 nitrogen and oxygen atoms in total. The van der Waals surface area contributed by atoms with Gasteiger partial charge in [0, 0.05) is 102 Å². The highest BCUT2D eigenvalue weighted by Gasteiger charge is 2.44. The third kappa shape index (κ3) is 32.0. The number of fused-ring (bicyclic) bond motifs is 2. The van der Waals surface area contributed by atoms with Crippen molar-refractivity contribution >= 4 is 129 Å². The molecule has 2 unspecified atom stereocenters. The van der Waals surface area contributed by atoms with E-state index in [0.29, 0.717) is 59.0 Å². The number of aromatic amines is 2. The average molecular weight is 1890 g/mol. The summed E-state index contributed by atoms with van der Waals surface area (Å²) in [5.41, 5.74) is 21.1. The molecule has 2 fully saturated rings. The minimum absolute atomic E-state index is 0.000147. The zero-order valence-corrected chi connectivity index (χ0v) is 78.5. The van der Waals surface area contributed by atoms with Crippen LogP contribution in [0.3, 0.4) is 0 Å². The summed E-state index contributed by atoms with van der Waals surface area (Å²) in [5, 5.41) is 48.9. The number of likely N-dealkylation sites (N-methyl/N-ethyl adjacent to an activating group) is 4. The summed E-state index contributed by atoms with van der Waals surface area (Å²) in [6.07, 6.45) is 4.36. The number of imidazole rings is 1. The fraction of sp³-hybridized carbons (Fsp3) is 0.495. The third-order valence-corrected chi connectivity index (χ3v) is 24.6. The molecule has 730 valence electrons. The summed E-state index contributed by atoms with van der Waals surface area (Å²) < 4.78 is 0. The van der Waals surface area contributed by atoms with E-state index in [1.54, 1.807) is 86.8 Å². The predicted molar refractivity (Wildman–Crippen MR) is 503 cm³/mol. The Morgan fingerprint density at radius 2 is 1.09 bits per heavy atom. The van der Waals surface area contributed by atoms with Crippen molar-refractivity contribution in [1.82, 2.24) is 97.9 Å². The second-order valence-corrected chi connectivity index (χ2v) is 35.4. The Balaban J connectivity index is 1.19. The quantitative estimate of drug-likeness (QED) is 0.0168. The van der Waals surface area contributed by atoms with Crippen LogP contribution in [0.4, 0.5) is 0 Å². The fourth-order valence-electron chi connectivity index (χ4n) is 16.0. The Morgan fingerprint density at radius 3 is 1.72 bits per heavy atom. The summed E-state index contributed by atoms with van der Waals surface area (Å²) in [6, 6.07) is 12.3. The molecule has 0 spiro atoms. The van der Waals surface area contributed by atoms with Crippen molar-refractivity contribution in [3.05, 3.63) is 150 Å². The van der Waals surface area contributed by atoms with E-state index in [4.69, 9.17) is 22.6 Å². The lowest BCUT2D eigenvalue weighted by atomic mass is 9.98. The number of hydrogen-bond donors (Lipinski definition) is 18. The number of aliphatic hydroxyl groups is 1. The number of aromatic nitrogens is 3. The molecule has 0 bridgehead atoms. The summed E-state index contributed by atoms with van der Waals surface area (Å²) in [6.45, 7) is 5.93. The third-order valence-electron chi connectivity index (χ3n) is 23.5. The summed E-state index contributed by atoms with van der Waals surface area (Å²) in [4.78, 5) is 264. The molecule has 135 heavy (non-hydrogen) atoms. The van der Waals surface area contributed by atoms with Gasteiger partial charge in [0.1, 0.15) is 78.5 Å². The van der Waals surface area contributed by atoms with E-state index >= 15 is 24.0 Å². The number of unbranched alkanes of at least 4 members (excludes halogenated alkanes) is 2. The molecular formula is C93H129N23O18S. The maximum Gasteiger partial charge on any atom is 0.246 e. The number of guanidine groups is 1. The van der Waals surface area contributed by atoms with Gasteiger partial charge in [-0.25, -0.2) is 4.98 Å². The standard InChI is InChI=1S/C93H129N23O18S/c1-10-12-31-73-86(128)105-64(30-22-38-99-93(96)97)82(124)111-72(81(123)101-48-77(95)119)51-135-52-79(121)104-68(41-56-24-16-14-17-25-56)89(131)113(7)55(5)80(122)107-70(45-76(94)118)91(133)116-39-23-33-74(116)87(129)106-66(44-61-47-98-53-102-61)84(126)108-67(40-54(3)4)88(130)112(6)49-78(120)103-65(43-60-46-100-63-29-21-20-28-62(60)63)83(125)110-71(50-117)85(127)109-69(90(132)115(9)75(32-13-11-2)92(134)114(73)8)42-57-34-36-59(37-35-57)58-26-18-15-19-27-58/h14-21,24-29,34-37,46-47,53-55,64-75,100,117H,10-13,22-23,30-33,38-45,48-52H2,1-9H3,(H2,94,118)(H2,95,119)(H,98,102)(H,101,123)(H,103,120)(H,104,121)(H,105,128)(H,106,129)(H,107,122)(H,108,126)(H,109,127)(H,110,125)(H,111,124)(H4,96,97,99)/t55-,64?,65-,66-,67-,68-,69-,70-,71-,72-,73-,74?,75-/m0/s1. The number of hydrogen-bond acceptors (Lipinski definition) is 21. The lowest BCUT2D eigenvalue weighted by molar-refractivity contribution is -0.149. The average Bonchev–Trinajstić information content (AvgIpc) is 1.80. The maximum atomic E-state index is 15.7. The Kier molecular flexibility index (Phi) is 41.5. The molecule has 0 radical (unpaired) electrons. The van der Waals surface area contributed by atoms with Crippen molar-refractivity contribution in [2.45, 2.75) is 216 Å². The highest BCUT2D eigenvalue weighted by molar-refractivity contribution is 8.00. The molecule has 42 heteroatoms. The number of benzene rings is 4. The first-order chi connectivity index (χ1) is 64.4. The van der Waals surface area contributed by atoms with Crippen LogP contribution in [0.1, 0.15) is 134 Å². The van der Waals surface area contributed by atoms with Gasteiger partial charge >= 0.3 is 0 Å². The lowest BCUT2D eigenvalue weighted by Gasteiger charge is -2.36. The Morgan fingerprint density at radius 1 is 0.533 bits per heavy atom.